The van der Waals surface area contributed by atoms with Crippen LogP contribution in [0, 0.1) is 0 Å². The number of halogens is 4. The van der Waals surface area contributed by atoms with Gasteiger partial charge in [-0.3, -0.25) is 10.2 Å². The van der Waals surface area contributed by atoms with Gasteiger partial charge in [-0.2, -0.15) is 0 Å². The van der Waals surface area contributed by atoms with E-state index in [1.54, 1.807) is 12.1 Å². The molecule has 5 nitrogen and oxygen atoms in total. The summed E-state index contributed by atoms with van der Waals surface area (Å²) in [7, 11) is 0. The quantitative estimate of drug-likeness (QED) is 0.153. The summed E-state index contributed by atoms with van der Waals surface area (Å²) >= 11 is 25.3. The Kier molecular flexibility index (Phi) is 15.7. The second kappa shape index (κ2) is 18.9. The van der Waals surface area contributed by atoms with Gasteiger partial charge in [0.05, 0.1) is 27.2 Å². The van der Waals surface area contributed by atoms with E-state index >= 15 is 0 Å². The Morgan fingerprint density at radius 1 is 0.738 bits per heavy atom. The molecular formula is C33H46Cl4N4O. The number of unbranched alkanes of at least 4 members (excludes halogenated alkanes) is 12. The van der Waals surface area contributed by atoms with E-state index in [1.165, 1.54) is 82.1 Å². The molecule has 1 heterocycles. The highest BCUT2D eigenvalue weighted by atomic mass is 35.5. The van der Waals surface area contributed by atoms with Gasteiger partial charge in [0.2, 0.25) is 0 Å². The number of nitrogens with zero attached hydrogens (tertiary/aromatic N) is 3. The van der Waals surface area contributed by atoms with Gasteiger partial charge in [0.25, 0.3) is 5.91 Å². The van der Waals surface area contributed by atoms with Crippen LogP contribution in [0.25, 0.3) is 0 Å². The van der Waals surface area contributed by atoms with Crippen molar-refractivity contribution in [1.82, 2.24) is 5.43 Å². The first-order chi connectivity index (χ1) is 20.3. The Bertz CT molecular complexity index is 1150. The fourth-order valence-corrected chi connectivity index (χ4v) is 6.38. The highest BCUT2D eigenvalue weighted by molar-refractivity contribution is 6.42. The van der Waals surface area contributed by atoms with E-state index in [0.29, 0.717) is 27.3 Å². The summed E-state index contributed by atoms with van der Waals surface area (Å²) in [6.45, 7) is 6.49. The molecule has 9 heteroatoms. The first kappa shape index (κ1) is 34.8. The summed E-state index contributed by atoms with van der Waals surface area (Å²) in [5.74, 6) is 0.255. The normalized spacial score (nSPS) is 14.2. The van der Waals surface area contributed by atoms with Crippen molar-refractivity contribution in [2.45, 2.75) is 110 Å². The maximum atomic E-state index is 12.8. The molecule has 2 aromatic carbocycles. The lowest BCUT2D eigenvalue weighted by Gasteiger charge is -2.25. The van der Waals surface area contributed by atoms with Crippen molar-refractivity contribution in [2.24, 2.45) is 4.99 Å². The van der Waals surface area contributed by atoms with E-state index in [2.05, 4.69) is 30.2 Å². The predicted octanol–water partition coefficient (Wildman–Crippen LogP) is 11.6. The van der Waals surface area contributed by atoms with Crippen LogP contribution in [0.2, 0.25) is 20.1 Å². The van der Waals surface area contributed by atoms with Gasteiger partial charge >= 0.3 is 0 Å². The van der Waals surface area contributed by atoms with Crippen LogP contribution in [0.3, 0.4) is 0 Å². The predicted molar refractivity (Wildman–Crippen MR) is 183 cm³/mol. The van der Waals surface area contributed by atoms with E-state index in [1.807, 2.05) is 12.1 Å². The number of amides is 1. The number of rotatable bonds is 19. The van der Waals surface area contributed by atoms with E-state index in [4.69, 9.17) is 51.4 Å². The van der Waals surface area contributed by atoms with Gasteiger partial charge in [-0.05, 0) is 43.2 Å². The van der Waals surface area contributed by atoms with Gasteiger partial charge in [0.1, 0.15) is 11.5 Å². The molecule has 0 saturated carbocycles. The molecule has 0 radical (unpaired) electrons. The third-order valence-electron chi connectivity index (χ3n) is 7.63. The van der Waals surface area contributed by atoms with Crippen LogP contribution in [-0.2, 0) is 4.79 Å². The van der Waals surface area contributed by atoms with Gasteiger partial charge in [-0.25, -0.2) is 10.0 Å². The highest BCUT2D eigenvalue weighted by Gasteiger charge is 2.30. The smallest absolute Gasteiger partial charge is 0.253 e. The molecule has 0 bridgehead atoms. The van der Waals surface area contributed by atoms with E-state index in [-0.39, 0.29) is 22.4 Å². The van der Waals surface area contributed by atoms with Crippen molar-refractivity contribution < 1.29 is 4.79 Å². The molecule has 0 spiro atoms. The van der Waals surface area contributed by atoms with Crippen LogP contribution < -0.4 is 15.3 Å². The largest absolute Gasteiger partial charge is 0.371 e. The zero-order valence-corrected chi connectivity index (χ0v) is 28.2. The molecule has 3 rings (SSSR count). The lowest BCUT2D eigenvalue weighted by Crippen LogP contribution is -2.36. The van der Waals surface area contributed by atoms with Crippen molar-refractivity contribution in [3.8, 4) is 0 Å². The lowest BCUT2D eigenvalue weighted by atomic mass is 10.1. The molecule has 1 fully saturated rings. The number of anilines is 2. The molecule has 1 amide bonds. The maximum Gasteiger partial charge on any atom is 0.253 e. The molecule has 1 N–H and O–H groups in total. The zero-order valence-electron chi connectivity index (χ0n) is 25.2. The second-order valence-corrected chi connectivity index (χ2v) is 12.8. The number of hydrogen-bond acceptors (Lipinski definition) is 3. The van der Waals surface area contributed by atoms with E-state index in [9.17, 15) is 4.79 Å². The number of carbonyl (C=O) groups is 1. The van der Waals surface area contributed by atoms with Crippen LogP contribution in [0.4, 0.5) is 17.1 Å². The minimum absolute atomic E-state index is 0.0776. The number of hydrogen-bond donors (Lipinski definition) is 1. The van der Waals surface area contributed by atoms with Gasteiger partial charge in [-0.1, -0.05) is 137 Å². The lowest BCUT2D eigenvalue weighted by molar-refractivity contribution is -0.116. The third-order valence-corrected chi connectivity index (χ3v) is 8.74. The van der Waals surface area contributed by atoms with Crippen LogP contribution in [0.1, 0.15) is 110 Å². The number of hydrazine groups is 1. The zero-order chi connectivity index (χ0) is 30.3. The van der Waals surface area contributed by atoms with Crippen LogP contribution in [-0.4, -0.2) is 24.8 Å². The SMILES string of the molecule is CCCCCCCCCCCCCCN(CCCC)c1ccc(Cl)c(N=C2CC(=O)N(c3c(Cl)cc(Cl)cc3Cl)N2)c1. The Morgan fingerprint density at radius 2 is 1.29 bits per heavy atom. The summed E-state index contributed by atoms with van der Waals surface area (Å²) in [4.78, 5) is 20.0. The number of nitrogens with one attached hydrogen (secondary N) is 1. The molecule has 0 aliphatic carbocycles. The molecule has 42 heavy (non-hydrogen) atoms. The number of benzene rings is 2. The summed E-state index contributed by atoms with van der Waals surface area (Å²) in [5.41, 5.74) is 5.12. The molecule has 232 valence electrons. The molecule has 0 aromatic heterocycles. The first-order valence-corrected chi connectivity index (χ1v) is 17.2. The van der Waals surface area contributed by atoms with E-state index < -0.39 is 0 Å². The molecule has 1 aliphatic heterocycles. The molecule has 1 aliphatic rings. The average Bonchev–Trinajstić information content (AvgIpc) is 3.30. The minimum atomic E-state index is -0.219. The van der Waals surface area contributed by atoms with Crippen molar-refractivity contribution in [1.29, 1.82) is 0 Å². The molecule has 2 aromatic rings. The highest BCUT2D eigenvalue weighted by Crippen LogP contribution is 2.38. The second-order valence-electron chi connectivity index (χ2n) is 11.2. The van der Waals surface area contributed by atoms with Gasteiger partial charge in [-0.15, -0.1) is 0 Å². The molecular weight excluding hydrogens is 610 g/mol. The summed E-state index contributed by atoms with van der Waals surface area (Å²) in [6.07, 6.45) is 18.4. The summed E-state index contributed by atoms with van der Waals surface area (Å²) < 4.78 is 0. The fraction of sp³-hybridized carbons (Fsp3) is 0.576. The van der Waals surface area contributed by atoms with Crippen molar-refractivity contribution in [3.63, 3.8) is 0 Å². The van der Waals surface area contributed by atoms with Crippen molar-refractivity contribution in [3.05, 3.63) is 50.4 Å². The molecule has 0 atom stereocenters. The van der Waals surface area contributed by atoms with Gasteiger partial charge in [0.15, 0.2) is 0 Å². The number of amidine groups is 1. The number of aliphatic imine (C=N–C) groups is 1. The summed E-state index contributed by atoms with van der Waals surface area (Å²) in [5, 5.41) is 2.80. The Hall–Kier alpha value is -1.66. The standard InChI is InChI=1S/C33H46Cl4N4O/c1-3-5-7-8-9-10-11-12-13-14-15-16-20-40(19-6-4-2)26-17-18-27(35)30(23-26)38-31-24-32(42)41(39-31)33-28(36)21-25(34)22-29(33)37/h17-18,21-23H,3-16,19-20,24H2,1-2H3,(H,38,39). The molecule has 1 saturated heterocycles. The Balaban J connectivity index is 1.56. The van der Waals surface area contributed by atoms with Gasteiger partial charge < -0.3 is 4.90 Å². The minimum Gasteiger partial charge on any atom is -0.371 e. The van der Waals surface area contributed by atoms with Crippen LogP contribution >= 0.6 is 46.4 Å². The van der Waals surface area contributed by atoms with Gasteiger partial charge in [0, 0.05) is 23.8 Å². The third kappa shape index (κ3) is 11.1. The fourth-order valence-electron chi connectivity index (χ4n) is 5.24. The average molecular weight is 657 g/mol. The van der Waals surface area contributed by atoms with Crippen molar-refractivity contribution >= 4 is 75.2 Å². The Labute approximate surface area is 272 Å². The van der Waals surface area contributed by atoms with E-state index in [0.717, 1.165) is 31.6 Å². The maximum absolute atomic E-state index is 12.8. The van der Waals surface area contributed by atoms with Crippen LogP contribution in [0.15, 0.2) is 35.3 Å². The van der Waals surface area contributed by atoms with Crippen molar-refractivity contribution in [2.75, 3.05) is 23.0 Å². The molecule has 0 unspecified atom stereocenters. The van der Waals surface area contributed by atoms with Crippen LogP contribution in [0.5, 0.6) is 0 Å². The Morgan fingerprint density at radius 3 is 1.88 bits per heavy atom. The first-order valence-electron chi connectivity index (χ1n) is 15.7. The summed E-state index contributed by atoms with van der Waals surface area (Å²) in [6, 6.07) is 9.07. The monoisotopic (exact) mass is 654 g/mol. The number of carbonyl (C=O) groups excluding carboxylic acids is 1. The topological polar surface area (TPSA) is 47.9 Å².